The van der Waals surface area contributed by atoms with Gasteiger partial charge in [0.1, 0.15) is 5.82 Å². The molecule has 0 saturated heterocycles. The van der Waals surface area contributed by atoms with Crippen molar-refractivity contribution in [2.24, 2.45) is 5.92 Å². The molecule has 4 heteroatoms. The number of fused-ring (bicyclic) bond motifs is 3. The van der Waals surface area contributed by atoms with Crippen molar-refractivity contribution in [1.29, 1.82) is 0 Å². The van der Waals surface area contributed by atoms with Crippen molar-refractivity contribution >= 4 is 17.4 Å². The van der Waals surface area contributed by atoms with Gasteiger partial charge in [0.25, 0.3) is 0 Å². The minimum atomic E-state index is 0.134. The van der Waals surface area contributed by atoms with Gasteiger partial charge in [0.15, 0.2) is 0 Å². The highest BCUT2D eigenvalue weighted by Gasteiger charge is 2.45. The van der Waals surface area contributed by atoms with Gasteiger partial charge >= 0.3 is 0 Å². The molecule has 1 aliphatic carbocycles. The number of rotatable bonds is 0. The van der Waals surface area contributed by atoms with E-state index >= 15 is 0 Å². The van der Waals surface area contributed by atoms with Gasteiger partial charge in [-0.2, -0.15) is 0 Å². The third-order valence-corrected chi connectivity index (χ3v) is 3.46. The van der Waals surface area contributed by atoms with Crippen LogP contribution < -0.4 is 4.90 Å². The molecule has 4 nitrogen and oxygen atoms in total. The Hall–Kier alpha value is -1.89. The van der Waals surface area contributed by atoms with Gasteiger partial charge in [-0.05, 0) is 29.9 Å². The van der Waals surface area contributed by atoms with E-state index in [1.54, 1.807) is 18.1 Å². The average molecular weight is 213 g/mol. The monoisotopic (exact) mass is 213 g/mol. The number of anilines is 1. The predicted octanol–water partition coefficient (Wildman–Crippen LogP) is 2.10. The Labute approximate surface area is 93.7 Å². The standard InChI is InChI=1S/C12H11N3O/c1-13-8-5-10-9-3-7(9)4-11(16)15(2)12(10)14-6-8/h5-7,9H,3-4H2,2H3. The normalized spacial score (nSPS) is 26.5. The van der Waals surface area contributed by atoms with Gasteiger partial charge < -0.3 is 0 Å². The summed E-state index contributed by atoms with van der Waals surface area (Å²) in [5, 5.41) is 0. The van der Waals surface area contributed by atoms with Gasteiger partial charge in [0.05, 0.1) is 6.57 Å². The Morgan fingerprint density at radius 2 is 2.44 bits per heavy atom. The number of hydrogen-bond acceptors (Lipinski definition) is 2. The number of carbonyl (C=O) groups is 1. The maximum Gasteiger partial charge on any atom is 0.228 e. The molecule has 1 aromatic rings. The van der Waals surface area contributed by atoms with Gasteiger partial charge in [0, 0.05) is 19.7 Å². The Morgan fingerprint density at radius 3 is 3.19 bits per heavy atom. The van der Waals surface area contributed by atoms with Crippen molar-refractivity contribution in [2.45, 2.75) is 18.8 Å². The summed E-state index contributed by atoms with van der Waals surface area (Å²) in [6.45, 7) is 6.99. The zero-order valence-corrected chi connectivity index (χ0v) is 8.97. The topological polar surface area (TPSA) is 37.6 Å². The van der Waals surface area contributed by atoms with E-state index in [9.17, 15) is 4.79 Å². The number of aromatic nitrogens is 1. The number of hydrogen-bond donors (Lipinski definition) is 0. The van der Waals surface area contributed by atoms with Gasteiger partial charge in [-0.3, -0.25) is 14.7 Å². The number of pyridine rings is 1. The molecule has 1 aliphatic heterocycles. The van der Waals surface area contributed by atoms with Gasteiger partial charge in [0.2, 0.25) is 11.6 Å². The van der Waals surface area contributed by atoms with Crippen molar-refractivity contribution in [3.05, 3.63) is 29.2 Å². The fourth-order valence-electron chi connectivity index (χ4n) is 2.41. The zero-order chi connectivity index (χ0) is 11.3. The second-order valence-corrected chi connectivity index (χ2v) is 4.48. The Balaban J connectivity index is 2.15. The summed E-state index contributed by atoms with van der Waals surface area (Å²) in [7, 11) is 1.76. The first kappa shape index (κ1) is 9.34. The maximum absolute atomic E-state index is 11.8. The minimum Gasteiger partial charge on any atom is -0.300 e. The summed E-state index contributed by atoms with van der Waals surface area (Å²) >= 11 is 0. The quantitative estimate of drug-likeness (QED) is 0.619. The number of nitrogens with zero attached hydrogens (tertiary/aromatic N) is 3. The van der Waals surface area contributed by atoms with Crippen LogP contribution in [0.25, 0.3) is 4.85 Å². The molecule has 3 rings (SSSR count). The smallest absolute Gasteiger partial charge is 0.228 e. The van der Waals surface area contributed by atoms with Crippen molar-refractivity contribution in [3.8, 4) is 0 Å². The van der Waals surface area contributed by atoms with Crippen LogP contribution in [0.4, 0.5) is 11.5 Å². The average Bonchev–Trinajstić information content (AvgIpc) is 3.06. The number of amides is 1. The molecule has 0 spiro atoms. The zero-order valence-electron chi connectivity index (χ0n) is 8.97. The first-order valence-electron chi connectivity index (χ1n) is 5.34. The van der Waals surface area contributed by atoms with Crippen LogP contribution in [0.1, 0.15) is 24.3 Å². The van der Waals surface area contributed by atoms with E-state index in [1.165, 1.54) is 0 Å². The van der Waals surface area contributed by atoms with Crippen LogP contribution in [-0.2, 0) is 4.79 Å². The van der Waals surface area contributed by atoms with E-state index in [-0.39, 0.29) is 5.91 Å². The van der Waals surface area contributed by atoms with E-state index in [2.05, 4.69) is 9.83 Å². The Kier molecular flexibility index (Phi) is 1.78. The van der Waals surface area contributed by atoms with Gasteiger partial charge in [-0.25, -0.2) is 4.85 Å². The van der Waals surface area contributed by atoms with E-state index in [1.807, 2.05) is 6.07 Å². The molecule has 0 radical (unpaired) electrons. The van der Waals surface area contributed by atoms with Crippen LogP contribution in [0.15, 0.2) is 12.3 Å². The molecule has 16 heavy (non-hydrogen) atoms. The molecular formula is C12H11N3O. The molecule has 1 fully saturated rings. The molecule has 0 aromatic carbocycles. The van der Waals surface area contributed by atoms with Crippen molar-refractivity contribution in [1.82, 2.24) is 4.98 Å². The van der Waals surface area contributed by atoms with Crippen LogP contribution >= 0.6 is 0 Å². The lowest BCUT2D eigenvalue weighted by Gasteiger charge is -2.17. The minimum absolute atomic E-state index is 0.134. The second kappa shape index (κ2) is 3.05. The molecule has 0 bridgehead atoms. The van der Waals surface area contributed by atoms with Crippen LogP contribution in [0.2, 0.25) is 0 Å². The summed E-state index contributed by atoms with van der Waals surface area (Å²) in [6.07, 6.45) is 3.22. The van der Waals surface area contributed by atoms with Crippen LogP contribution in [0.5, 0.6) is 0 Å². The fourth-order valence-corrected chi connectivity index (χ4v) is 2.41. The third-order valence-electron chi connectivity index (χ3n) is 3.46. The Bertz CT molecular complexity index is 517. The lowest BCUT2D eigenvalue weighted by atomic mass is 10.1. The molecule has 2 unspecified atom stereocenters. The van der Waals surface area contributed by atoms with Crippen molar-refractivity contribution < 1.29 is 4.79 Å². The van der Waals surface area contributed by atoms with Crippen LogP contribution in [0, 0.1) is 12.5 Å². The molecular weight excluding hydrogens is 202 g/mol. The molecule has 1 amide bonds. The third kappa shape index (κ3) is 1.21. The summed E-state index contributed by atoms with van der Waals surface area (Å²) < 4.78 is 0. The van der Waals surface area contributed by atoms with Crippen molar-refractivity contribution in [2.75, 3.05) is 11.9 Å². The maximum atomic E-state index is 11.8. The molecule has 2 aliphatic rings. The first-order valence-corrected chi connectivity index (χ1v) is 5.34. The summed E-state index contributed by atoms with van der Waals surface area (Å²) in [6, 6.07) is 1.88. The second-order valence-electron chi connectivity index (χ2n) is 4.48. The lowest BCUT2D eigenvalue weighted by molar-refractivity contribution is -0.118. The van der Waals surface area contributed by atoms with Crippen molar-refractivity contribution in [3.63, 3.8) is 0 Å². The molecule has 2 atom stereocenters. The fraction of sp³-hybridized carbons (Fsp3) is 0.417. The lowest BCUT2D eigenvalue weighted by Crippen LogP contribution is -2.26. The van der Waals surface area contributed by atoms with E-state index in [0.29, 0.717) is 23.9 Å². The van der Waals surface area contributed by atoms with E-state index in [0.717, 1.165) is 17.8 Å². The van der Waals surface area contributed by atoms with Gasteiger partial charge in [-0.15, -0.1) is 0 Å². The molecule has 2 heterocycles. The van der Waals surface area contributed by atoms with Crippen LogP contribution in [0.3, 0.4) is 0 Å². The summed E-state index contributed by atoms with van der Waals surface area (Å²) in [5.74, 6) is 1.79. The number of carbonyl (C=O) groups excluding carboxylic acids is 1. The SMILES string of the molecule is [C-]#[N+]c1cnc2c(c1)C1CC1CC(=O)N2C. The summed E-state index contributed by atoms with van der Waals surface area (Å²) in [4.78, 5) is 21.1. The highest BCUT2D eigenvalue weighted by atomic mass is 16.2. The molecule has 1 saturated carbocycles. The molecule has 0 N–H and O–H groups in total. The Morgan fingerprint density at radius 1 is 1.62 bits per heavy atom. The summed E-state index contributed by atoms with van der Waals surface area (Å²) in [5.41, 5.74) is 1.64. The first-order chi connectivity index (χ1) is 7.70. The molecule has 80 valence electrons. The predicted molar refractivity (Wildman–Crippen MR) is 59.4 cm³/mol. The van der Waals surface area contributed by atoms with E-state index in [4.69, 9.17) is 6.57 Å². The largest absolute Gasteiger partial charge is 0.300 e. The van der Waals surface area contributed by atoms with Crippen LogP contribution in [-0.4, -0.2) is 17.9 Å². The van der Waals surface area contributed by atoms with Gasteiger partial charge in [-0.1, -0.05) is 0 Å². The highest BCUT2D eigenvalue weighted by molar-refractivity contribution is 5.94. The molecule has 1 aromatic heterocycles. The highest BCUT2D eigenvalue weighted by Crippen LogP contribution is 2.54. The van der Waals surface area contributed by atoms with E-state index < -0.39 is 0 Å².